The SMILES string of the molecule is NCCC[C@@H](N)C(=O)NC(C(=O)Nc1ccc2ccccc2c1)c1ccc([N+](=O)[O-])cc1. The third kappa shape index (κ3) is 5.65. The summed E-state index contributed by atoms with van der Waals surface area (Å²) in [6.07, 6.45) is 0.946. The summed E-state index contributed by atoms with van der Waals surface area (Å²) >= 11 is 0. The first-order valence-electron chi connectivity index (χ1n) is 10.2. The number of nitro groups is 1. The zero-order valence-corrected chi connectivity index (χ0v) is 17.4. The predicted molar refractivity (Wildman–Crippen MR) is 123 cm³/mol. The first-order valence-corrected chi connectivity index (χ1v) is 10.2. The number of fused-ring (bicyclic) bond motifs is 1. The fourth-order valence-corrected chi connectivity index (χ4v) is 3.29. The van der Waals surface area contributed by atoms with Crippen LogP contribution in [0.1, 0.15) is 24.4 Å². The maximum absolute atomic E-state index is 13.1. The molecule has 0 fully saturated rings. The van der Waals surface area contributed by atoms with Crippen LogP contribution < -0.4 is 22.1 Å². The second kappa shape index (κ2) is 10.5. The summed E-state index contributed by atoms with van der Waals surface area (Å²) in [5, 5.41) is 18.4. The third-order valence-corrected chi connectivity index (χ3v) is 5.06. The first kappa shape index (κ1) is 22.9. The number of carbonyl (C=O) groups excluding carboxylic acids is 2. The summed E-state index contributed by atoms with van der Waals surface area (Å²) in [7, 11) is 0. The van der Waals surface area contributed by atoms with E-state index in [1.54, 1.807) is 6.07 Å². The van der Waals surface area contributed by atoms with Crippen LogP contribution in [0.3, 0.4) is 0 Å². The number of benzene rings is 3. The third-order valence-electron chi connectivity index (χ3n) is 5.06. The molecule has 0 heterocycles. The molecule has 2 atom stereocenters. The number of amides is 2. The maximum Gasteiger partial charge on any atom is 0.269 e. The Labute approximate surface area is 184 Å². The van der Waals surface area contributed by atoms with Gasteiger partial charge in [-0.25, -0.2) is 0 Å². The zero-order chi connectivity index (χ0) is 23.1. The predicted octanol–water partition coefficient (Wildman–Crippen LogP) is 2.61. The molecular weight excluding hydrogens is 410 g/mol. The molecule has 0 aliphatic carbocycles. The van der Waals surface area contributed by atoms with E-state index >= 15 is 0 Å². The standard InChI is InChI=1S/C23H25N5O4/c24-13-3-6-20(25)22(29)27-21(16-8-11-19(12-9-16)28(31)32)23(30)26-18-10-7-15-4-1-2-5-17(15)14-18/h1-2,4-5,7-12,14,20-21H,3,6,13,24-25H2,(H,26,30)(H,27,29)/t20-,21?/m1/s1. The molecule has 3 rings (SSSR count). The Hall–Kier alpha value is -3.82. The highest BCUT2D eigenvalue weighted by Crippen LogP contribution is 2.22. The van der Waals surface area contributed by atoms with Gasteiger partial charge in [0.05, 0.1) is 11.0 Å². The van der Waals surface area contributed by atoms with Crippen molar-refractivity contribution < 1.29 is 14.5 Å². The monoisotopic (exact) mass is 435 g/mol. The number of nitrogens with two attached hydrogens (primary N) is 2. The highest BCUT2D eigenvalue weighted by atomic mass is 16.6. The van der Waals surface area contributed by atoms with Gasteiger partial charge in [0.25, 0.3) is 11.6 Å². The summed E-state index contributed by atoms with van der Waals surface area (Å²) in [6.45, 7) is 0.398. The lowest BCUT2D eigenvalue weighted by Crippen LogP contribution is -2.45. The van der Waals surface area contributed by atoms with E-state index in [9.17, 15) is 19.7 Å². The van der Waals surface area contributed by atoms with Gasteiger partial charge in [-0.05, 0) is 60.0 Å². The summed E-state index contributed by atoms with van der Waals surface area (Å²) in [4.78, 5) is 36.1. The number of carbonyl (C=O) groups is 2. The molecule has 9 heteroatoms. The van der Waals surface area contributed by atoms with Crippen LogP contribution in [0.4, 0.5) is 11.4 Å². The molecular formula is C23H25N5O4. The molecule has 0 aromatic heterocycles. The molecule has 0 aliphatic rings. The molecule has 0 saturated heterocycles. The van der Waals surface area contributed by atoms with E-state index in [0.29, 0.717) is 30.6 Å². The van der Waals surface area contributed by atoms with Crippen molar-refractivity contribution in [2.75, 3.05) is 11.9 Å². The van der Waals surface area contributed by atoms with Crippen LogP contribution in [-0.2, 0) is 9.59 Å². The zero-order valence-electron chi connectivity index (χ0n) is 17.4. The lowest BCUT2D eigenvalue weighted by molar-refractivity contribution is -0.384. The number of nitro benzene ring substituents is 1. The molecule has 2 amide bonds. The van der Waals surface area contributed by atoms with Gasteiger partial charge in [0.15, 0.2) is 0 Å². The van der Waals surface area contributed by atoms with Crippen molar-refractivity contribution in [2.45, 2.75) is 24.9 Å². The number of anilines is 1. The molecule has 0 saturated carbocycles. The molecule has 32 heavy (non-hydrogen) atoms. The maximum atomic E-state index is 13.1. The second-order valence-corrected chi connectivity index (χ2v) is 7.38. The van der Waals surface area contributed by atoms with Crippen molar-refractivity contribution in [3.63, 3.8) is 0 Å². The fourth-order valence-electron chi connectivity index (χ4n) is 3.29. The average molecular weight is 435 g/mol. The Kier molecular flexibility index (Phi) is 7.48. The van der Waals surface area contributed by atoms with Crippen LogP contribution in [0.5, 0.6) is 0 Å². The van der Waals surface area contributed by atoms with E-state index in [0.717, 1.165) is 10.8 Å². The van der Waals surface area contributed by atoms with Crippen molar-refractivity contribution in [3.05, 3.63) is 82.4 Å². The van der Waals surface area contributed by atoms with E-state index in [1.807, 2.05) is 36.4 Å². The number of hydrogen-bond acceptors (Lipinski definition) is 6. The van der Waals surface area contributed by atoms with Crippen molar-refractivity contribution in [2.24, 2.45) is 11.5 Å². The minimum atomic E-state index is -1.08. The smallest absolute Gasteiger partial charge is 0.269 e. The number of nitrogens with one attached hydrogen (secondary N) is 2. The number of rotatable bonds is 9. The van der Waals surface area contributed by atoms with E-state index in [-0.39, 0.29) is 5.69 Å². The Morgan fingerprint density at radius 1 is 0.969 bits per heavy atom. The Morgan fingerprint density at radius 3 is 2.31 bits per heavy atom. The number of hydrogen-bond donors (Lipinski definition) is 4. The van der Waals surface area contributed by atoms with E-state index < -0.39 is 28.8 Å². The van der Waals surface area contributed by atoms with E-state index in [2.05, 4.69) is 10.6 Å². The highest BCUT2D eigenvalue weighted by Gasteiger charge is 2.26. The summed E-state index contributed by atoms with van der Waals surface area (Å²) < 4.78 is 0. The quantitative estimate of drug-likeness (QED) is 0.299. The molecule has 1 unspecified atom stereocenters. The van der Waals surface area contributed by atoms with E-state index in [1.165, 1.54) is 24.3 Å². The molecule has 3 aromatic carbocycles. The van der Waals surface area contributed by atoms with Crippen LogP contribution in [-0.4, -0.2) is 29.3 Å². The van der Waals surface area contributed by atoms with Gasteiger partial charge >= 0.3 is 0 Å². The molecule has 0 aliphatic heterocycles. The topological polar surface area (TPSA) is 153 Å². The van der Waals surface area contributed by atoms with Crippen LogP contribution in [0, 0.1) is 10.1 Å². The van der Waals surface area contributed by atoms with Gasteiger partial charge in [0.1, 0.15) is 6.04 Å². The second-order valence-electron chi connectivity index (χ2n) is 7.38. The van der Waals surface area contributed by atoms with Gasteiger partial charge < -0.3 is 22.1 Å². The molecule has 6 N–H and O–H groups in total. The van der Waals surface area contributed by atoms with Gasteiger partial charge in [0, 0.05) is 17.8 Å². The average Bonchev–Trinajstić information content (AvgIpc) is 2.80. The Morgan fingerprint density at radius 2 is 1.66 bits per heavy atom. The molecule has 0 spiro atoms. The molecule has 0 radical (unpaired) electrons. The van der Waals surface area contributed by atoms with Crippen LogP contribution >= 0.6 is 0 Å². The molecule has 3 aromatic rings. The van der Waals surface area contributed by atoms with Crippen molar-refractivity contribution >= 4 is 34.0 Å². The minimum absolute atomic E-state index is 0.117. The van der Waals surface area contributed by atoms with Crippen LogP contribution in [0.15, 0.2) is 66.7 Å². The van der Waals surface area contributed by atoms with Gasteiger partial charge in [0.2, 0.25) is 5.91 Å². The number of nitrogens with zero attached hydrogens (tertiary/aromatic N) is 1. The lowest BCUT2D eigenvalue weighted by Gasteiger charge is -2.21. The molecule has 0 bridgehead atoms. The molecule has 166 valence electrons. The lowest BCUT2D eigenvalue weighted by atomic mass is 10.0. The van der Waals surface area contributed by atoms with Gasteiger partial charge in [-0.3, -0.25) is 19.7 Å². The summed E-state index contributed by atoms with van der Waals surface area (Å²) in [5.41, 5.74) is 12.2. The summed E-state index contributed by atoms with van der Waals surface area (Å²) in [5.74, 6) is -0.996. The van der Waals surface area contributed by atoms with Crippen LogP contribution in [0.2, 0.25) is 0 Å². The molecule has 9 nitrogen and oxygen atoms in total. The normalized spacial score (nSPS) is 12.7. The van der Waals surface area contributed by atoms with Gasteiger partial charge in [-0.1, -0.05) is 30.3 Å². The Bertz CT molecular complexity index is 1120. The van der Waals surface area contributed by atoms with Crippen LogP contribution in [0.25, 0.3) is 10.8 Å². The minimum Gasteiger partial charge on any atom is -0.339 e. The summed E-state index contributed by atoms with van der Waals surface area (Å²) in [6, 6.07) is 16.7. The van der Waals surface area contributed by atoms with E-state index in [4.69, 9.17) is 11.5 Å². The highest BCUT2D eigenvalue weighted by molar-refractivity contribution is 6.00. The number of non-ortho nitro benzene ring substituents is 1. The van der Waals surface area contributed by atoms with Crippen molar-refractivity contribution in [3.8, 4) is 0 Å². The first-order chi connectivity index (χ1) is 15.4. The largest absolute Gasteiger partial charge is 0.339 e. The van der Waals surface area contributed by atoms with Gasteiger partial charge in [-0.2, -0.15) is 0 Å². The van der Waals surface area contributed by atoms with Crippen molar-refractivity contribution in [1.82, 2.24) is 5.32 Å². The van der Waals surface area contributed by atoms with Crippen molar-refractivity contribution in [1.29, 1.82) is 0 Å². The fraction of sp³-hybridized carbons (Fsp3) is 0.217. The Balaban J connectivity index is 1.84. The van der Waals surface area contributed by atoms with Gasteiger partial charge in [-0.15, -0.1) is 0 Å².